The molecular formula is C14H18N4. The Labute approximate surface area is 107 Å². The molecule has 0 aliphatic carbocycles. The highest BCUT2D eigenvalue weighted by atomic mass is 15.1. The fourth-order valence-electron chi connectivity index (χ4n) is 1.80. The molecule has 2 N–H and O–H groups in total. The maximum atomic E-state index is 5.58. The second-order valence-electron chi connectivity index (χ2n) is 4.36. The van der Waals surface area contributed by atoms with Crippen molar-refractivity contribution in [2.24, 2.45) is 5.73 Å². The molecule has 0 bridgehead atoms. The first kappa shape index (κ1) is 12.7. The summed E-state index contributed by atoms with van der Waals surface area (Å²) in [4.78, 5) is 10.6. The molecule has 0 amide bonds. The van der Waals surface area contributed by atoms with Crippen molar-refractivity contribution in [2.45, 2.75) is 19.6 Å². The van der Waals surface area contributed by atoms with E-state index in [1.54, 1.807) is 12.4 Å². The van der Waals surface area contributed by atoms with Gasteiger partial charge in [0.1, 0.15) is 5.82 Å². The van der Waals surface area contributed by atoms with Crippen LogP contribution >= 0.6 is 0 Å². The van der Waals surface area contributed by atoms with Crippen LogP contribution in [0.15, 0.2) is 42.7 Å². The van der Waals surface area contributed by atoms with Crippen LogP contribution in [-0.4, -0.2) is 21.9 Å². The lowest BCUT2D eigenvalue weighted by molar-refractivity contribution is 0.310. The lowest BCUT2D eigenvalue weighted by Crippen LogP contribution is -2.18. The van der Waals surface area contributed by atoms with Crippen LogP contribution in [0.25, 0.3) is 0 Å². The van der Waals surface area contributed by atoms with Crippen LogP contribution in [0.4, 0.5) is 0 Å². The van der Waals surface area contributed by atoms with Crippen molar-refractivity contribution in [3.05, 3.63) is 59.7 Å². The van der Waals surface area contributed by atoms with Crippen LogP contribution in [0.3, 0.4) is 0 Å². The summed E-state index contributed by atoms with van der Waals surface area (Å²) in [5.74, 6) is 0.846. The zero-order valence-corrected chi connectivity index (χ0v) is 10.6. The summed E-state index contributed by atoms with van der Waals surface area (Å²) < 4.78 is 0. The normalized spacial score (nSPS) is 10.8. The fourth-order valence-corrected chi connectivity index (χ4v) is 1.80. The van der Waals surface area contributed by atoms with Crippen molar-refractivity contribution < 1.29 is 0 Å². The van der Waals surface area contributed by atoms with Gasteiger partial charge >= 0.3 is 0 Å². The van der Waals surface area contributed by atoms with Gasteiger partial charge in [0.2, 0.25) is 0 Å². The van der Waals surface area contributed by atoms with Crippen LogP contribution in [0.2, 0.25) is 0 Å². The third-order valence-electron chi connectivity index (χ3n) is 2.74. The van der Waals surface area contributed by atoms with E-state index in [9.17, 15) is 0 Å². The third-order valence-corrected chi connectivity index (χ3v) is 2.74. The maximum absolute atomic E-state index is 5.58. The number of hydrogen-bond donors (Lipinski definition) is 1. The Morgan fingerprint density at radius 2 is 1.61 bits per heavy atom. The summed E-state index contributed by atoms with van der Waals surface area (Å²) in [7, 11) is 2.06. The van der Waals surface area contributed by atoms with Crippen molar-refractivity contribution in [1.29, 1.82) is 0 Å². The molecule has 2 rings (SSSR count). The molecule has 0 fully saturated rings. The van der Waals surface area contributed by atoms with E-state index in [1.807, 2.05) is 6.07 Å². The SMILES string of the molecule is CN(Cc1ccc(CN)cc1)Cc1ncccn1. The number of hydrogen-bond acceptors (Lipinski definition) is 4. The molecular weight excluding hydrogens is 224 g/mol. The van der Waals surface area contributed by atoms with Crippen molar-refractivity contribution in [2.75, 3.05) is 7.05 Å². The van der Waals surface area contributed by atoms with Gasteiger partial charge in [0.25, 0.3) is 0 Å². The number of aromatic nitrogens is 2. The van der Waals surface area contributed by atoms with Crippen LogP contribution in [0.5, 0.6) is 0 Å². The van der Waals surface area contributed by atoms with Crippen LogP contribution in [-0.2, 0) is 19.6 Å². The summed E-state index contributed by atoms with van der Waals surface area (Å²) in [6, 6.07) is 10.2. The van der Waals surface area contributed by atoms with Crippen molar-refractivity contribution >= 4 is 0 Å². The van der Waals surface area contributed by atoms with Gasteiger partial charge in [-0.05, 0) is 24.2 Å². The van der Waals surface area contributed by atoms with Crippen molar-refractivity contribution in [3.8, 4) is 0 Å². The molecule has 0 saturated heterocycles. The fraction of sp³-hybridized carbons (Fsp3) is 0.286. The van der Waals surface area contributed by atoms with Gasteiger partial charge in [0.05, 0.1) is 6.54 Å². The number of nitrogens with two attached hydrogens (primary N) is 1. The molecule has 0 radical (unpaired) electrons. The van der Waals surface area contributed by atoms with E-state index in [0.717, 1.165) is 24.5 Å². The summed E-state index contributed by atoms with van der Waals surface area (Å²) in [6.45, 7) is 2.22. The minimum atomic E-state index is 0.591. The lowest BCUT2D eigenvalue weighted by Gasteiger charge is -2.15. The van der Waals surface area contributed by atoms with Gasteiger partial charge in [-0.1, -0.05) is 24.3 Å². The highest BCUT2D eigenvalue weighted by Gasteiger charge is 2.03. The average Bonchev–Trinajstić information content (AvgIpc) is 2.40. The molecule has 0 aliphatic rings. The molecule has 1 aromatic carbocycles. The lowest BCUT2D eigenvalue weighted by atomic mass is 10.1. The van der Waals surface area contributed by atoms with Gasteiger partial charge < -0.3 is 5.73 Å². The predicted octanol–water partition coefficient (Wildman–Crippen LogP) is 1.57. The van der Waals surface area contributed by atoms with Gasteiger partial charge in [0.15, 0.2) is 0 Å². The summed E-state index contributed by atoms with van der Waals surface area (Å²) in [5.41, 5.74) is 8.01. The Bertz CT molecular complexity index is 467. The van der Waals surface area contributed by atoms with Gasteiger partial charge in [0, 0.05) is 25.5 Å². The van der Waals surface area contributed by atoms with E-state index >= 15 is 0 Å². The van der Waals surface area contributed by atoms with E-state index < -0.39 is 0 Å². The smallest absolute Gasteiger partial charge is 0.142 e. The third kappa shape index (κ3) is 3.61. The van der Waals surface area contributed by atoms with Gasteiger partial charge in [-0.2, -0.15) is 0 Å². The first-order valence-corrected chi connectivity index (χ1v) is 6.00. The van der Waals surface area contributed by atoms with E-state index in [0.29, 0.717) is 6.54 Å². The number of benzene rings is 1. The van der Waals surface area contributed by atoms with E-state index in [2.05, 4.69) is 46.2 Å². The zero-order valence-electron chi connectivity index (χ0n) is 10.6. The van der Waals surface area contributed by atoms with Crippen LogP contribution in [0.1, 0.15) is 17.0 Å². The van der Waals surface area contributed by atoms with Crippen molar-refractivity contribution in [1.82, 2.24) is 14.9 Å². The van der Waals surface area contributed by atoms with Crippen LogP contribution in [0, 0.1) is 0 Å². The monoisotopic (exact) mass is 242 g/mol. The second-order valence-corrected chi connectivity index (χ2v) is 4.36. The predicted molar refractivity (Wildman–Crippen MR) is 71.5 cm³/mol. The molecule has 1 heterocycles. The largest absolute Gasteiger partial charge is 0.326 e. The Morgan fingerprint density at radius 3 is 2.22 bits per heavy atom. The maximum Gasteiger partial charge on any atom is 0.142 e. The zero-order chi connectivity index (χ0) is 12.8. The Hall–Kier alpha value is -1.78. The highest BCUT2D eigenvalue weighted by Crippen LogP contribution is 2.07. The summed E-state index contributed by atoms with van der Waals surface area (Å²) in [6.07, 6.45) is 3.54. The van der Waals surface area contributed by atoms with E-state index in [1.165, 1.54) is 5.56 Å². The Balaban J connectivity index is 1.92. The van der Waals surface area contributed by atoms with E-state index in [4.69, 9.17) is 5.73 Å². The highest BCUT2D eigenvalue weighted by molar-refractivity contribution is 5.22. The average molecular weight is 242 g/mol. The molecule has 0 saturated carbocycles. The van der Waals surface area contributed by atoms with Gasteiger partial charge in [-0.15, -0.1) is 0 Å². The quantitative estimate of drug-likeness (QED) is 0.864. The molecule has 18 heavy (non-hydrogen) atoms. The molecule has 1 aromatic heterocycles. The number of rotatable bonds is 5. The Kier molecular flexibility index (Phi) is 4.39. The van der Waals surface area contributed by atoms with E-state index in [-0.39, 0.29) is 0 Å². The molecule has 0 unspecified atom stereocenters. The Morgan fingerprint density at radius 1 is 1.00 bits per heavy atom. The molecule has 0 aliphatic heterocycles. The standard InChI is InChI=1S/C14H18N4/c1-18(11-14-16-7-2-8-17-14)10-13-5-3-12(9-15)4-6-13/h2-8H,9-11,15H2,1H3. The van der Waals surface area contributed by atoms with Gasteiger partial charge in [-0.3, -0.25) is 4.90 Å². The topological polar surface area (TPSA) is 55.0 Å². The second kappa shape index (κ2) is 6.23. The molecule has 0 spiro atoms. The van der Waals surface area contributed by atoms with Crippen molar-refractivity contribution in [3.63, 3.8) is 0 Å². The molecule has 4 heteroatoms. The molecule has 94 valence electrons. The molecule has 0 atom stereocenters. The van der Waals surface area contributed by atoms with Gasteiger partial charge in [-0.25, -0.2) is 9.97 Å². The van der Waals surface area contributed by atoms with Crippen LogP contribution < -0.4 is 5.73 Å². The first-order chi connectivity index (χ1) is 8.78. The molecule has 4 nitrogen and oxygen atoms in total. The summed E-state index contributed by atoms with van der Waals surface area (Å²) >= 11 is 0. The molecule has 2 aromatic rings. The summed E-state index contributed by atoms with van der Waals surface area (Å²) in [5, 5.41) is 0. The minimum absolute atomic E-state index is 0.591. The first-order valence-electron chi connectivity index (χ1n) is 6.00. The number of nitrogens with zero attached hydrogens (tertiary/aromatic N) is 3. The minimum Gasteiger partial charge on any atom is -0.326 e.